The molecule has 3 aromatic rings. The van der Waals surface area contributed by atoms with Crippen molar-refractivity contribution in [1.29, 1.82) is 0 Å². The number of anilines is 1. The van der Waals surface area contributed by atoms with Crippen molar-refractivity contribution in [1.82, 2.24) is 9.91 Å². The van der Waals surface area contributed by atoms with Crippen molar-refractivity contribution >= 4 is 17.3 Å². The third-order valence-corrected chi connectivity index (χ3v) is 6.96. The summed E-state index contributed by atoms with van der Waals surface area (Å²) >= 11 is 0. The van der Waals surface area contributed by atoms with Gasteiger partial charge in [-0.05, 0) is 41.8 Å². The number of methoxy groups -OCH3 is 1. The van der Waals surface area contributed by atoms with Crippen LogP contribution in [-0.2, 0) is 4.79 Å². The lowest BCUT2D eigenvalue weighted by molar-refractivity contribution is -0.134. The fraction of sp³-hybridized carbons (Fsp3) is 0.310. The molecule has 0 N–H and O–H groups in total. The first-order valence-electron chi connectivity index (χ1n) is 12.2. The minimum Gasteiger partial charge on any atom is -0.497 e. The SMILES string of the molecule is COc1ccc([C@@H]2CC(c3ccccc3)=NN2C(=O)CN2CCN(c3ccccc3C)CC2)cc1. The van der Waals surface area contributed by atoms with Gasteiger partial charge in [-0.1, -0.05) is 60.7 Å². The number of para-hydroxylation sites is 1. The predicted molar refractivity (Wildman–Crippen MR) is 140 cm³/mol. The van der Waals surface area contributed by atoms with E-state index < -0.39 is 0 Å². The molecule has 0 aromatic heterocycles. The van der Waals surface area contributed by atoms with Crippen molar-refractivity contribution in [2.45, 2.75) is 19.4 Å². The van der Waals surface area contributed by atoms with Gasteiger partial charge in [-0.25, -0.2) is 5.01 Å². The van der Waals surface area contributed by atoms with E-state index in [4.69, 9.17) is 9.84 Å². The number of rotatable bonds is 6. The first-order valence-corrected chi connectivity index (χ1v) is 12.2. The zero-order valence-electron chi connectivity index (χ0n) is 20.4. The van der Waals surface area contributed by atoms with Crippen molar-refractivity contribution in [2.75, 3.05) is 44.7 Å². The molecule has 0 radical (unpaired) electrons. The van der Waals surface area contributed by atoms with Gasteiger partial charge in [0.25, 0.3) is 5.91 Å². The summed E-state index contributed by atoms with van der Waals surface area (Å²) in [6.07, 6.45) is 0.698. The summed E-state index contributed by atoms with van der Waals surface area (Å²) in [5.74, 6) is 0.849. The predicted octanol–water partition coefficient (Wildman–Crippen LogP) is 4.50. The molecular formula is C29H32N4O2. The Bertz CT molecular complexity index is 1180. The monoisotopic (exact) mass is 468 g/mol. The summed E-state index contributed by atoms with van der Waals surface area (Å²) in [5, 5.41) is 6.54. The van der Waals surface area contributed by atoms with Crippen LogP contribution in [0, 0.1) is 6.92 Å². The molecule has 1 amide bonds. The Morgan fingerprint density at radius 1 is 0.914 bits per heavy atom. The molecular weight excluding hydrogens is 436 g/mol. The lowest BCUT2D eigenvalue weighted by atomic mass is 9.98. The number of aryl methyl sites for hydroxylation is 1. The van der Waals surface area contributed by atoms with E-state index in [9.17, 15) is 4.79 Å². The van der Waals surface area contributed by atoms with Crippen LogP contribution in [0.15, 0.2) is 84.0 Å². The van der Waals surface area contributed by atoms with E-state index in [-0.39, 0.29) is 11.9 Å². The number of hydrogen-bond acceptors (Lipinski definition) is 5. The van der Waals surface area contributed by atoms with Crippen LogP contribution in [0.4, 0.5) is 5.69 Å². The number of ether oxygens (including phenoxy) is 1. The Hall–Kier alpha value is -3.64. The number of piperazine rings is 1. The number of benzene rings is 3. The molecule has 3 aromatic carbocycles. The van der Waals surface area contributed by atoms with Crippen LogP contribution in [0.5, 0.6) is 5.75 Å². The average Bonchev–Trinajstić information content (AvgIpc) is 3.36. The minimum atomic E-state index is -0.114. The Labute approximate surface area is 207 Å². The number of amides is 1. The molecule has 1 saturated heterocycles. The number of carbonyl (C=O) groups excluding carboxylic acids is 1. The average molecular weight is 469 g/mol. The zero-order valence-corrected chi connectivity index (χ0v) is 20.4. The molecule has 2 aliphatic heterocycles. The highest BCUT2D eigenvalue weighted by Crippen LogP contribution is 2.34. The number of nitrogens with zero attached hydrogens (tertiary/aromatic N) is 4. The van der Waals surface area contributed by atoms with E-state index in [1.54, 1.807) is 12.1 Å². The van der Waals surface area contributed by atoms with E-state index in [2.05, 4.69) is 53.1 Å². The summed E-state index contributed by atoms with van der Waals surface area (Å²) < 4.78 is 5.33. The standard InChI is InChI=1S/C29H32N4O2/c1-22-8-6-7-11-27(22)32-18-16-31(17-19-32)21-29(34)33-28(24-12-14-25(35-2)15-13-24)20-26(30-33)23-9-4-3-5-10-23/h3-15,28H,16-21H2,1-2H3/t28-/m0/s1. The first-order chi connectivity index (χ1) is 17.1. The second kappa shape index (κ2) is 10.3. The Morgan fingerprint density at radius 2 is 1.60 bits per heavy atom. The van der Waals surface area contributed by atoms with Crippen LogP contribution in [-0.4, -0.2) is 61.4 Å². The quantitative estimate of drug-likeness (QED) is 0.534. The van der Waals surface area contributed by atoms with Gasteiger partial charge in [0.2, 0.25) is 0 Å². The van der Waals surface area contributed by atoms with E-state index in [0.29, 0.717) is 13.0 Å². The fourth-order valence-corrected chi connectivity index (χ4v) is 4.96. The summed E-state index contributed by atoms with van der Waals surface area (Å²) in [5.41, 5.74) is 5.66. The topological polar surface area (TPSA) is 48.4 Å². The van der Waals surface area contributed by atoms with Crippen molar-refractivity contribution < 1.29 is 9.53 Å². The molecule has 35 heavy (non-hydrogen) atoms. The molecule has 2 heterocycles. The molecule has 180 valence electrons. The normalized spacial score (nSPS) is 18.5. The highest BCUT2D eigenvalue weighted by atomic mass is 16.5. The lowest BCUT2D eigenvalue weighted by Gasteiger charge is -2.37. The second-order valence-electron chi connectivity index (χ2n) is 9.19. The van der Waals surface area contributed by atoms with E-state index in [0.717, 1.165) is 48.8 Å². The largest absolute Gasteiger partial charge is 0.497 e. The van der Waals surface area contributed by atoms with Crippen LogP contribution in [0.2, 0.25) is 0 Å². The highest BCUT2D eigenvalue weighted by molar-refractivity contribution is 6.03. The van der Waals surface area contributed by atoms with Gasteiger partial charge in [0.05, 0.1) is 25.4 Å². The molecule has 0 unspecified atom stereocenters. The van der Waals surface area contributed by atoms with Gasteiger partial charge in [0.1, 0.15) is 5.75 Å². The minimum absolute atomic E-state index is 0.0427. The molecule has 5 rings (SSSR count). The van der Waals surface area contributed by atoms with E-state index >= 15 is 0 Å². The molecule has 1 atom stereocenters. The maximum atomic E-state index is 13.5. The van der Waals surface area contributed by atoms with Gasteiger partial charge < -0.3 is 9.64 Å². The van der Waals surface area contributed by atoms with Crippen molar-refractivity contribution in [3.63, 3.8) is 0 Å². The Morgan fingerprint density at radius 3 is 2.29 bits per heavy atom. The number of hydrazone groups is 1. The number of hydrogen-bond donors (Lipinski definition) is 0. The summed E-state index contributed by atoms with van der Waals surface area (Å²) in [4.78, 5) is 18.2. The van der Waals surface area contributed by atoms with Crippen LogP contribution in [0.3, 0.4) is 0 Å². The molecule has 2 aliphatic rings. The maximum Gasteiger partial charge on any atom is 0.257 e. The summed E-state index contributed by atoms with van der Waals surface area (Å²) in [6.45, 7) is 6.07. The Balaban J connectivity index is 1.30. The summed E-state index contributed by atoms with van der Waals surface area (Å²) in [7, 11) is 1.66. The Kier molecular flexibility index (Phi) is 6.82. The molecule has 6 nitrogen and oxygen atoms in total. The molecule has 1 fully saturated rings. The summed E-state index contributed by atoms with van der Waals surface area (Å²) in [6, 6.07) is 26.5. The van der Waals surface area contributed by atoms with E-state index in [1.165, 1.54) is 11.3 Å². The zero-order chi connectivity index (χ0) is 24.2. The van der Waals surface area contributed by atoms with Gasteiger partial charge in [0.15, 0.2) is 0 Å². The molecule has 0 saturated carbocycles. The van der Waals surface area contributed by atoms with Gasteiger partial charge in [-0.15, -0.1) is 0 Å². The third-order valence-electron chi connectivity index (χ3n) is 6.96. The molecule has 6 heteroatoms. The first kappa shape index (κ1) is 23.1. The fourth-order valence-electron chi connectivity index (χ4n) is 4.96. The number of carbonyl (C=O) groups is 1. The van der Waals surface area contributed by atoms with Crippen LogP contribution in [0.25, 0.3) is 0 Å². The van der Waals surface area contributed by atoms with Crippen LogP contribution >= 0.6 is 0 Å². The molecule has 0 bridgehead atoms. The second-order valence-corrected chi connectivity index (χ2v) is 9.19. The highest BCUT2D eigenvalue weighted by Gasteiger charge is 2.34. The van der Waals surface area contributed by atoms with Crippen LogP contribution in [0.1, 0.15) is 29.2 Å². The van der Waals surface area contributed by atoms with Crippen LogP contribution < -0.4 is 9.64 Å². The van der Waals surface area contributed by atoms with Gasteiger partial charge in [-0.2, -0.15) is 5.10 Å². The maximum absolute atomic E-state index is 13.5. The smallest absolute Gasteiger partial charge is 0.257 e. The van der Waals surface area contributed by atoms with Crippen molar-refractivity contribution in [3.05, 3.63) is 95.6 Å². The van der Waals surface area contributed by atoms with Crippen molar-refractivity contribution in [2.24, 2.45) is 5.10 Å². The third kappa shape index (κ3) is 5.08. The van der Waals surface area contributed by atoms with E-state index in [1.807, 2.05) is 42.5 Å². The molecule has 0 aliphatic carbocycles. The van der Waals surface area contributed by atoms with Gasteiger partial charge in [0, 0.05) is 38.3 Å². The van der Waals surface area contributed by atoms with Crippen molar-refractivity contribution in [3.8, 4) is 5.75 Å². The van der Waals surface area contributed by atoms with Gasteiger partial charge in [-0.3, -0.25) is 9.69 Å². The van der Waals surface area contributed by atoms with Gasteiger partial charge >= 0.3 is 0 Å². The molecule has 0 spiro atoms. The lowest BCUT2D eigenvalue weighted by Crippen LogP contribution is -2.49.